The van der Waals surface area contributed by atoms with Gasteiger partial charge in [-0.3, -0.25) is 4.79 Å². The molecule has 2 rings (SSSR count). The van der Waals surface area contributed by atoms with Crippen LogP contribution >= 0.6 is 0 Å². The zero-order valence-electron chi connectivity index (χ0n) is 13.6. The number of aliphatic hydroxyl groups is 1. The fourth-order valence-corrected chi connectivity index (χ4v) is 3.80. The molecule has 2 aliphatic carbocycles. The summed E-state index contributed by atoms with van der Waals surface area (Å²) in [5.41, 5.74) is -0.643. The van der Waals surface area contributed by atoms with Crippen molar-refractivity contribution in [1.29, 1.82) is 0 Å². The Balaban J connectivity index is 1.72. The second kappa shape index (κ2) is 7.59. The van der Waals surface area contributed by atoms with Crippen molar-refractivity contribution >= 4 is 5.97 Å². The molecule has 0 bridgehead atoms. The second-order valence-corrected chi connectivity index (χ2v) is 6.96. The number of carbonyl (C=O) groups excluding carboxylic acids is 1. The number of nitrogens with one attached hydrogen (secondary N) is 1. The molecule has 0 saturated heterocycles. The molecule has 0 aromatic carbocycles. The number of hydrogen-bond acceptors (Lipinski definition) is 4. The van der Waals surface area contributed by atoms with E-state index in [4.69, 9.17) is 4.74 Å². The van der Waals surface area contributed by atoms with Crippen LogP contribution < -0.4 is 5.32 Å². The summed E-state index contributed by atoms with van der Waals surface area (Å²) in [4.78, 5) is 11.7. The molecule has 0 amide bonds. The van der Waals surface area contributed by atoms with Crippen molar-refractivity contribution in [3.8, 4) is 0 Å². The third kappa shape index (κ3) is 4.68. The van der Waals surface area contributed by atoms with Crippen LogP contribution in [0, 0.1) is 11.8 Å². The first kappa shape index (κ1) is 16.8. The molecule has 2 aliphatic rings. The lowest BCUT2D eigenvalue weighted by molar-refractivity contribution is -0.151. The van der Waals surface area contributed by atoms with Crippen LogP contribution in [-0.4, -0.2) is 35.9 Å². The molecule has 2 fully saturated rings. The Labute approximate surface area is 128 Å². The quantitative estimate of drug-likeness (QED) is 0.740. The molecule has 2 saturated carbocycles. The van der Waals surface area contributed by atoms with Gasteiger partial charge in [0.2, 0.25) is 0 Å². The molecule has 0 spiro atoms. The minimum absolute atomic E-state index is 0.0162. The van der Waals surface area contributed by atoms with E-state index in [1.165, 1.54) is 25.7 Å². The third-order valence-electron chi connectivity index (χ3n) is 5.40. The Morgan fingerprint density at radius 3 is 2.48 bits per heavy atom. The van der Waals surface area contributed by atoms with Crippen molar-refractivity contribution in [2.75, 3.05) is 13.2 Å². The zero-order valence-corrected chi connectivity index (χ0v) is 13.6. The van der Waals surface area contributed by atoms with Crippen LogP contribution in [0.2, 0.25) is 0 Å². The summed E-state index contributed by atoms with van der Waals surface area (Å²) in [6.07, 6.45) is 8.21. The van der Waals surface area contributed by atoms with E-state index in [9.17, 15) is 9.90 Å². The van der Waals surface area contributed by atoms with Gasteiger partial charge >= 0.3 is 5.97 Å². The van der Waals surface area contributed by atoms with Crippen molar-refractivity contribution in [2.45, 2.75) is 76.9 Å². The zero-order chi connectivity index (χ0) is 15.3. The molecule has 0 aromatic rings. The lowest BCUT2D eigenvalue weighted by atomic mass is 9.78. The van der Waals surface area contributed by atoms with E-state index >= 15 is 0 Å². The first-order chi connectivity index (χ1) is 10.0. The predicted octanol–water partition coefficient (Wildman–Crippen LogP) is 2.64. The molecule has 4 heteroatoms. The van der Waals surface area contributed by atoms with Gasteiger partial charge in [-0.1, -0.05) is 12.8 Å². The molecular formula is C17H31NO3. The van der Waals surface area contributed by atoms with Gasteiger partial charge in [-0.15, -0.1) is 0 Å². The first-order valence-electron chi connectivity index (χ1n) is 8.66. The molecule has 4 nitrogen and oxygen atoms in total. The highest BCUT2D eigenvalue weighted by atomic mass is 16.5. The number of hydrogen-bond donors (Lipinski definition) is 2. The lowest BCUT2D eigenvalue weighted by Gasteiger charge is -2.36. The SMILES string of the molecule is CCOC(=O)C1CCC(O)(CNC(C)C2CCCC2)CC1. The highest BCUT2D eigenvalue weighted by molar-refractivity contribution is 5.72. The van der Waals surface area contributed by atoms with Crippen LogP contribution in [-0.2, 0) is 9.53 Å². The standard InChI is InChI=1S/C17H31NO3/c1-3-21-16(19)15-8-10-17(20,11-9-15)12-18-13(2)14-6-4-5-7-14/h13-15,18,20H,3-12H2,1-2H3. The molecule has 0 heterocycles. The maximum absolute atomic E-state index is 11.7. The van der Waals surface area contributed by atoms with Crippen molar-refractivity contribution in [1.82, 2.24) is 5.32 Å². The Kier molecular flexibility index (Phi) is 6.06. The van der Waals surface area contributed by atoms with Crippen molar-refractivity contribution < 1.29 is 14.6 Å². The average Bonchev–Trinajstić information content (AvgIpc) is 3.00. The molecular weight excluding hydrogens is 266 g/mol. The van der Waals surface area contributed by atoms with E-state index in [0.29, 0.717) is 32.0 Å². The van der Waals surface area contributed by atoms with Gasteiger partial charge in [0.1, 0.15) is 0 Å². The van der Waals surface area contributed by atoms with E-state index in [1.54, 1.807) is 0 Å². The summed E-state index contributed by atoms with van der Waals surface area (Å²) in [6, 6.07) is 0.485. The number of ether oxygens (including phenoxy) is 1. The number of carbonyl (C=O) groups is 1. The first-order valence-corrected chi connectivity index (χ1v) is 8.66. The van der Waals surface area contributed by atoms with Gasteiger partial charge in [-0.25, -0.2) is 0 Å². The fraction of sp³-hybridized carbons (Fsp3) is 0.941. The molecule has 0 aliphatic heterocycles. The molecule has 0 aromatic heterocycles. The molecule has 122 valence electrons. The summed E-state index contributed by atoms with van der Waals surface area (Å²) < 4.78 is 5.08. The minimum Gasteiger partial charge on any atom is -0.466 e. The Hall–Kier alpha value is -0.610. The summed E-state index contributed by atoms with van der Waals surface area (Å²) in [5, 5.41) is 14.2. The van der Waals surface area contributed by atoms with Gasteiger partial charge in [-0.05, 0) is 58.3 Å². The summed E-state index contributed by atoms with van der Waals surface area (Å²) in [6.45, 7) is 5.18. The number of esters is 1. The summed E-state index contributed by atoms with van der Waals surface area (Å²) in [5.74, 6) is 0.661. The van der Waals surface area contributed by atoms with Crippen LogP contribution in [0.5, 0.6) is 0 Å². The van der Waals surface area contributed by atoms with E-state index in [0.717, 1.165) is 18.8 Å². The summed E-state index contributed by atoms with van der Waals surface area (Å²) >= 11 is 0. The van der Waals surface area contributed by atoms with Crippen LogP contribution in [0.4, 0.5) is 0 Å². The number of rotatable bonds is 6. The van der Waals surface area contributed by atoms with Gasteiger partial charge in [0.15, 0.2) is 0 Å². The maximum atomic E-state index is 11.7. The van der Waals surface area contributed by atoms with E-state index in [2.05, 4.69) is 12.2 Å². The molecule has 21 heavy (non-hydrogen) atoms. The highest BCUT2D eigenvalue weighted by Gasteiger charge is 2.36. The molecule has 1 unspecified atom stereocenters. The van der Waals surface area contributed by atoms with Crippen molar-refractivity contribution in [3.05, 3.63) is 0 Å². The largest absolute Gasteiger partial charge is 0.466 e. The molecule has 2 N–H and O–H groups in total. The third-order valence-corrected chi connectivity index (χ3v) is 5.40. The molecule has 1 atom stereocenters. The van der Waals surface area contributed by atoms with Gasteiger partial charge in [0.25, 0.3) is 0 Å². The average molecular weight is 297 g/mol. The fourth-order valence-electron chi connectivity index (χ4n) is 3.80. The van der Waals surface area contributed by atoms with Gasteiger partial charge < -0.3 is 15.2 Å². The Morgan fingerprint density at radius 1 is 1.29 bits per heavy atom. The van der Waals surface area contributed by atoms with Gasteiger partial charge in [-0.2, -0.15) is 0 Å². The lowest BCUT2D eigenvalue weighted by Crippen LogP contribution is -2.48. The monoisotopic (exact) mass is 297 g/mol. The topological polar surface area (TPSA) is 58.6 Å². The van der Waals surface area contributed by atoms with E-state index < -0.39 is 5.60 Å². The van der Waals surface area contributed by atoms with Crippen LogP contribution in [0.25, 0.3) is 0 Å². The second-order valence-electron chi connectivity index (χ2n) is 6.96. The van der Waals surface area contributed by atoms with E-state index in [1.807, 2.05) is 6.92 Å². The highest BCUT2D eigenvalue weighted by Crippen LogP contribution is 2.33. The van der Waals surface area contributed by atoms with Gasteiger partial charge in [0.05, 0.1) is 18.1 Å². The Bertz CT molecular complexity index is 331. The van der Waals surface area contributed by atoms with Crippen molar-refractivity contribution in [2.24, 2.45) is 11.8 Å². The smallest absolute Gasteiger partial charge is 0.308 e. The molecule has 0 radical (unpaired) electrons. The van der Waals surface area contributed by atoms with Gasteiger partial charge in [0, 0.05) is 12.6 Å². The normalized spacial score (nSPS) is 32.0. The van der Waals surface area contributed by atoms with E-state index in [-0.39, 0.29) is 11.9 Å². The maximum Gasteiger partial charge on any atom is 0.308 e. The van der Waals surface area contributed by atoms with Crippen molar-refractivity contribution in [3.63, 3.8) is 0 Å². The van der Waals surface area contributed by atoms with Crippen LogP contribution in [0.3, 0.4) is 0 Å². The summed E-state index contributed by atoms with van der Waals surface area (Å²) in [7, 11) is 0. The van der Waals surface area contributed by atoms with Crippen LogP contribution in [0.1, 0.15) is 65.2 Å². The van der Waals surface area contributed by atoms with Crippen LogP contribution in [0.15, 0.2) is 0 Å². The predicted molar refractivity (Wildman–Crippen MR) is 83.0 cm³/mol. The Morgan fingerprint density at radius 2 is 1.90 bits per heavy atom. The minimum atomic E-state index is -0.643.